The van der Waals surface area contributed by atoms with Crippen LogP contribution in [-0.2, 0) is 0 Å². The molecule has 1 aliphatic heterocycles. The molecule has 96 valence electrons. The second-order valence-corrected chi connectivity index (χ2v) is 4.28. The zero-order valence-corrected chi connectivity index (χ0v) is 9.96. The number of nitrogens with zero attached hydrogens (tertiary/aromatic N) is 2. The van der Waals surface area contributed by atoms with Gasteiger partial charge in [-0.2, -0.15) is 5.26 Å². The van der Waals surface area contributed by atoms with Gasteiger partial charge in [-0.25, -0.2) is 8.78 Å². The summed E-state index contributed by atoms with van der Waals surface area (Å²) < 4.78 is 32.1. The van der Waals surface area contributed by atoms with Crippen LogP contribution in [0, 0.1) is 23.0 Å². The highest BCUT2D eigenvalue weighted by Crippen LogP contribution is 2.23. The fourth-order valence-corrected chi connectivity index (χ4v) is 2.05. The fourth-order valence-electron chi connectivity index (χ4n) is 2.05. The van der Waals surface area contributed by atoms with Gasteiger partial charge >= 0.3 is 0 Å². The van der Waals surface area contributed by atoms with E-state index in [2.05, 4.69) is 4.90 Å². The second-order valence-electron chi connectivity index (χ2n) is 4.28. The van der Waals surface area contributed by atoms with Crippen molar-refractivity contribution >= 4 is 0 Å². The number of hydrogen-bond donors (Lipinski definition) is 0. The van der Waals surface area contributed by atoms with Gasteiger partial charge in [0.05, 0.1) is 11.6 Å². The van der Waals surface area contributed by atoms with Gasteiger partial charge in [-0.05, 0) is 38.1 Å². The van der Waals surface area contributed by atoms with E-state index in [4.69, 9.17) is 10.00 Å². The van der Waals surface area contributed by atoms with E-state index in [1.807, 2.05) is 0 Å². The van der Waals surface area contributed by atoms with E-state index in [1.54, 1.807) is 6.07 Å². The molecular formula is C13H14F2N2O. The minimum Gasteiger partial charge on any atom is -0.486 e. The van der Waals surface area contributed by atoms with Crippen LogP contribution in [0.2, 0.25) is 0 Å². The van der Waals surface area contributed by atoms with E-state index in [0.717, 1.165) is 25.2 Å². The van der Waals surface area contributed by atoms with Crippen molar-refractivity contribution in [2.24, 2.45) is 0 Å². The van der Waals surface area contributed by atoms with Crippen molar-refractivity contribution in [1.82, 2.24) is 4.90 Å². The van der Waals surface area contributed by atoms with Gasteiger partial charge in [0.1, 0.15) is 6.61 Å². The van der Waals surface area contributed by atoms with Gasteiger partial charge in [0.15, 0.2) is 17.4 Å². The van der Waals surface area contributed by atoms with Crippen LogP contribution in [0.4, 0.5) is 8.78 Å². The first-order valence-corrected chi connectivity index (χ1v) is 5.95. The summed E-state index contributed by atoms with van der Waals surface area (Å²) in [6.07, 6.45) is 2.33. The molecule has 0 bridgehead atoms. The van der Waals surface area contributed by atoms with Crippen molar-refractivity contribution in [1.29, 1.82) is 5.26 Å². The molecule has 1 aliphatic rings. The molecular weight excluding hydrogens is 238 g/mol. The van der Waals surface area contributed by atoms with E-state index >= 15 is 0 Å². The van der Waals surface area contributed by atoms with Crippen LogP contribution >= 0.6 is 0 Å². The molecule has 5 heteroatoms. The molecule has 0 spiro atoms. The first-order chi connectivity index (χ1) is 8.70. The number of likely N-dealkylation sites (tertiary alicyclic amines) is 1. The molecule has 1 saturated heterocycles. The van der Waals surface area contributed by atoms with E-state index in [9.17, 15) is 8.78 Å². The third kappa shape index (κ3) is 2.96. The molecule has 18 heavy (non-hydrogen) atoms. The third-order valence-electron chi connectivity index (χ3n) is 2.98. The van der Waals surface area contributed by atoms with Crippen LogP contribution < -0.4 is 4.74 Å². The van der Waals surface area contributed by atoms with Crippen LogP contribution in [0.5, 0.6) is 5.75 Å². The number of rotatable bonds is 4. The normalized spacial score (nSPS) is 15.6. The lowest BCUT2D eigenvalue weighted by Gasteiger charge is -2.15. The Labute approximate surface area is 105 Å². The average Bonchev–Trinajstić information content (AvgIpc) is 2.85. The van der Waals surface area contributed by atoms with Crippen LogP contribution in [-0.4, -0.2) is 31.1 Å². The lowest BCUT2D eigenvalue weighted by Crippen LogP contribution is -2.25. The van der Waals surface area contributed by atoms with E-state index < -0.39 is 17.4 Å². The highest BCUT2D eigenvalue weighted by Gasteiger charge is 2.15. The molecule has 0 amide bonds. The Morgan fingerprint density at radius 2 is 1.83 bits per heavy atom. The van der Waals surface area contributed by atoms with Crippen LogP contribution in [0.1, 0.15) is 18.4 Å². The Kier molecular flexibility index (Phi) is 4.11. The average molecular weight is 252 g/mol. The molecule has 1 aromatic rings. The van der Waals surface area contributed by atoms with Crippen molar-refractivity contribution in [2.45, 2.75) is 12.8 Å². The Balaban J connectivity index is 1.94. The van der Waals surface area contributed by atoms with Gasteiger partial charge in [-0.3, -0.25) is 4.90 Å². The van der Waals surface area contributed by atoms with Gasteiger partial charge in [0, 0.05) is 6.54 Å². The van der Waals surface area contributed by atoms with Crippen LogP contribution in [0.3, 0.4) is 0 Å². The van der Waals surface area contributed by atoms with Crippen molar-refractivity contribution in [3.8, 4) is 11.8 Å². The summed E-state index contributed by atoms with van der Waals surface area (Å²) in [5.74, 6) is -2.05. The largest absolute Gasteiger partial charge is 0.486 e. The molecule has 0 aliphatic carbocycles. The van der Waals surface area contributed by atoms with Gasteiger partial charge in [-0.15, -0.1) is 0 Å². The first-order valence-electron chi connectivity index (χ1n) is 5.95. The van der Waals surface area contributed by atoms with Gasteiger partial charge < -0.3 is 4.74 Å². The highest BCUT2D eigenvalue weighted by atomic mass is 19.1. The number of ether oxygens (including phenoxy) is 1. The predicted molar refractivity (Wildman–Crippen MR) is 62.2 cm³/mol. The Bertz CT molecular complexity index is 442. The molecule has 1 fully saturated rings. The number of benzene rings is 1. The molecule has 2 rings (SSSR count). The first kappa shape index (κ1) is 12.8. The lowest BCUT2D eigenvalue weighted by atomic mass is 10.2. The quantitative estimate of drug-likeness (QED) is 0.825. The lowest BCUT2D eigenvalue weighted by molar-refractivity contribution is 0.223. The summed E-state index contributed by atoms with van der Waals surface area (Å²) in [6, 6.07) is 3.65. The predicted octanol–water partition coefficient (Wildman–Crippen LogP) is 2.31. The van der Waals surface area contributed by atoms with E-state index in [1.165, 1.54) is 12.8 Å². The maximum atomic E-state index is 13.5. The maximum Gasteiger partial charge on any atom is 0.190 e. The van der Waals surface area contributed by atoms with Gasteiger partial charge in [-0.1, -0.05) is 0 Å². The maximum absolute atomic E-state index is 13.5. The van der Waals surface area contributed by atoms with Crippen molar-refractivity contribution < 1.29 is 13.5 Å². The molecule has 0 atom stereocenters. The van der Waals surface area contributed by atoms with Crippen molar-refractivity contribution in [2.75, 3.05) is 26.2 Å². The van der Waals surface area contributed by atoms with Gasteiger partial charge in [0.2, 0.25) is 0 Å². The molecule has 0 N–H and O–H groups in total. The zero-order chi connectivity index (χ0) is 13.0. The summed E-state index contributed by atoms with van der Waals surface area (Å²) in [6.45, 7) is 2.95. The third-order valence-corrected chi connectivity index (χ3v) is 2.98. The molecule has 0 unspecified atom stereocenters. The summed E-state index contributed by atoms with van der Waals surface area (Å²) in [7, 11) is 0. The number of hydrogen-bond acceptors (Lipinski definition) is 3. The van der Waals surface area contributed by atoms with E-state index in [0.29, 0.717) is 6.54 Å². The summed E-state index contributed by atoms with van der Waals surface area (Å²) >= 11 is 0. The molecule has 1 aromatic carbocycles. The monoisotopic (exact) mass is 252 g/mol. The summed E-state index contributed by atoms with van der Waals surface area (Å²) in [4.78, 5) is 2.19. The second kappa shape index (κ2) is 5.78. The zero-order valence-electron chi connectivity index (χ0n) is 9.96. The Morgan fingerprint density at radius 3 is 2.39 bits per heavy atom. The molecule has 0 aromatic heterocycles. The van der Waals surface area contributed by atoms with Crippen LogP contribution in [0.15, 0.2) is 12.1 Å². The van der Waals surface area contributed by atoms with E-state index in [-0.39, 0.29) is 12.2 Å². The minimum absolute atomic E-state index is 0.0445. The van der Waals surface area contributed by atoms with Crippen molar-refractivity contribution in [3.63, 3.8) is 0 Å². The molecule has 0 radical (unpaired) electrons. The SMILES string of the molecule is N#Cc1cc(F)c(OCCN2CCCC2)c(F)c1. The molecule has 0 saturated carbocycles. The van der Waals surface area contributed by atoms with Gasteiger partial charge in [0.25, 0.3) is 0 Å². The smallest absolute Gasteiger partial charge is 0.190 e. The van der Waals surface area contributed by atoms with Crippen LogP contribution in [0.25, 0.3) is 0 Å². The summed E-state index contributed by atoms with van der Waals surface area (Å²) in [5, 5.41) is 8.57. The molecule has 1 heterocycles. The summed E-state index contributed by atoms with van der Waals surface area (Å²) in [5.41, 5.74) is -0.0445. The standard InChI is InChI=1S/C13H14F2N2O/c14-11-7-10(9-16)8-12(15)13(11)18-6-5-17-3-1-2-4-17/h7-8H,1-6H2. The Morgan fingerprint density at radius 1 is 1.22 bits per heavy atom. The number of halogens is 2. The van der Waals surface area contributed by atoms with Crippen molar-refractivity contribution in [3.05, 3.63) is 29.3 Å². The minimum atomic E-state index is -0.826. The number of nitriles is 1. The fraction of sp³-hybridized carbons (Fsp3) is 0.462. The Hall–Kier alpha value is -1.67. The highest BCUT2D eigenvalue weighted by molar-refractivity contribution is 5.37. The topological polar surface area (TPSA) is 36.3 Å². The molecule has 3 nitrogen and oxygen atoms in total.